The van der Waals surface area contributed by atoms with Gasteiger partial charge >= 0.3 is 0 Å². The van der Waals surface area contributed by atoms with Crippen molar-refractivity contribution in [2.24, 2.45) is 0 Å². The van der Waals surface area contributed by atoms with Crippen LogP contribution in [0.4, 0.5) is 10.3 Å². The van der Waals surface area contributed by atoms with Crippen molar-refractivity contribution < 1.29 is 13.2 Å². The predicted molar refractivity (Wildman–Crippen MR) is 124 cm³/mol. The fourth-order valence-electron chi connectivity index (χ4n) is 3.09. The van der Waals surface area contributed by atoms with E-state index in [2.05, 4.69) is 25.3 Å². The molecule has 1 amide bonds. The molecule has 3 heterocycles. The van der Waals surface area contributed by atoms with Crippen molar-refractivity contribution in [1.82, 2.24) is 25.0 Å². The van der Waals surface area contributed by atoms with Gasteiger partial charge in [-0.25, -0.2) is 18.1 Å². The van der Waals surface area contributed by atoms with Gasteiger partial charge in [-0.3, -0.25) is 14.8 Å². The summed E-state index contributed by atoms with van der Waals surface area (Å²) in [7, 11) is -3.49. The molecule has 166 valence electrons. The maximum atomic E-state index is 13.2. The molecule has 0 aliphatic carbocycles. The molecule has 1 aromatic carbocycles. The van der Waals surface area contributed by atoms with Crippen LogP contribution in [0.1, 0.15) is 35.8 Å². The maximum absolute atomic E-state index is 13.2. The number of aryl methyl sites for hydroxylation is 1. The summed E-state index contributed by atoms with van der Waals surface area (Å²) in [6.07, 6.45) is 2.63. The zero-order chi connectivity index (χ0) is 23.0. The van der Waals surface area contributed by atoms with E-state index in [1.165, 1.54) is 0 Å². The Balaban J connectivity index is 1.75. The number of amides is 1. The topological polar surface area (TPSA) is 132 Å². The number of anilines is 2. The van der Waals surface area contributed by atoms with Gasteiger partial charge in [0.2, 0.25) is 20.3 Å². The predicted octanol–water partition coefficient (Wildman–Crippen LogP) is 3.46. The van der Waals surface area contributed by atoms with Gasteiger partial charge < -0.3 is 0 Å². The van der Waals surface area contributed by atoms with Gasteiger partial charge in [0.1, 0.15) is 0 Å². The molecule has 4 aromatic rings. The van der Waals surface area contributed by atoms with Gasteiger partial charge in [-0.15, -0.1) is 10.2 Å². The standard InChI is InChI=1S/C20H21N7O3S2/c1-11(2)27-17-15(10-21-27)14(9-16(22-17)13-7-5-12(3)6-8-13)18(28)23-19-24-25-20(31-19)26-32(4,29)30/h5-11H,1-4H3,(H,25,26)(H,23,24,28). The van der Waals surface area contributed by atoms with Crippen LogP contribution in [0.15, 0.2) is 36.5 Å². The number of carbonyl (C=O) groups is 1. The summed E-state index contributed by atoms with van der Waals surface area (Å²) in [5.74, 6) is -0.420. The number of hydrogen-bond acceptors (Lipinski definition) is 8. The molecule has 0 saturated heterocycles. The summed E-state index contributed by atoms with van der Waals surface area (Å²) >= 11 is 0.920. The molecule has 0 saturated carbocycles. The third-order valence-corrected chi connectivity index (χ3v) is 6.01. The lowest BCUT2D eigenvalue weighted by Crippen LogP contribution is -2.13. The molecule has 4 rings (SSSR count). The Kier molecular flexibility index (Phi) is 5.65. The summed E-state index contributed by atoms with van der Waals surface area (Å²) in [5, 5.41) is 15.5. The first-order chi connectivity index (χ1) is 15.1. The fourth-order valence-corrected chi connectivity index (χ4v) is 4.56. The van der Waals surface area contributed by atoms with E-state index in [0.29, 0.717) is 22.3 Å². The zero-order valence-corrected chi connectivity index (χ0v) is 19.5. The summed E-state index contributed by atoms with van der Waals surface area (Å²) in [4.78, 5) is 17.9. The number of fused-ring (bicyclic) bond motifs is 1. The molecule has 32 heavy (non-hydrogen) atoms. The minimum atomic E-state index is -3.49. The van der Waals surface area contributed by atoms with Crippen molar-refractivity contribution >= 4 is 48.6 Å². The highest BCUT2D eigenvalue weighted by atomic mass is 32.2. The lowest BCUT2D eigenvalue weighted by molar-refractivity contribution is 0.102. The minimum absolute atomic E-state index is 0.0527. The number of benzene rings is 1. The zero-order valence-electron chi connectivity index (χ0n) is 17.8. The molecule has 0 fully saturated rings. The van der Waals surface area contributed by atoms with Crippen molar-refractivity contribution in [3.05, 3.63) is 47.7 Å². The fraction of sp³-hybridized carbons (Fsp3) is 0.250. The first-order valence-electron chi connectivity index (χ1n) is 9.68. The molecule has 0 spiro atoms. The van der Waals surface area contributed by atoms with E-state index in [-0.39, 0.29) is 16.3 Å². The van der Waals surface area contributed by atoms with Gasteiger partial charge in [0.15, 0.2) is 5.65 Å². The van der Waals surface area contributed by atoms with Crippen LogP contribution in [0, 0.1) is 6.92 Å². The van der Waals surface area contributed by atoms with Crippen LogP contribution in [0.3, 0.4) is 0 Å². The van der Waals surface area contributed by atoms with Crippen molar-refractivity contribution in [2.45, 2.75) is 26.8 Å². The molecule has 0 radical (unpaired) electrons. The van der Waals surface area contributed by atoms with E-state index in [1.807, 2.05) is 45.0 Å². The Morgan fingerprint density at radius 3 is 2.47 bits per heavy atom. The highest BCUT2D eigenvalue weighted by Crippen LogP contribution is 2.28. The lowest BCUT2D eigenvalue weighted by atomic mass is 10.1. The minimum Gasteiger partial charge on any atom is -0.296 e. The van der Waals surface area contributed by atoms with E-state index >= 15 is 0 Å². The highest BCUT2D eigenvalue weighted by molar-refractivity contribution is 7.92. The number of nitrogens with zero attached hydrogens (tertiary/aromatic N) is 5. The molecule has 0 bridgehead atoms. The van der Waals surface area contributed by atoms with Gasteiger partial charge in [-0.05, 0) is 26.8 Å². The number of rotatable bonds is 6. The van der Waals surface area contributed by atoms with Crippen molar-refractivity contribution in [2.75, 3.05) is 16.3 Å². The van der Waals surface area contributed by atoms with Crippen LogP contribution in [-0.4, -0.2) is 45.5 Å². The largest absolute Gasteiger partial charge is 0.296 e. The second kappa shape index (κ2) is 8.28. The molecule has 0 aliphatic rings. The second-order valence-corrected chi connectivity index (χ2v) is 10.3. The van der Waals surface area contributed by atoms with E-state index in [9.17, 15) is 13.2 Å². The van der Waals surface area contributed by atoms with E-state index in [0.717, 1.165) is 28.7 Å². The Hall–Kier alpha value is -3.38. The van der Waals surface area contributed by atoms with Crippen LogP contribution < -0.4 is 10.0 Å². The van der Waals surface area contributed by atoms with E-state index in [1.54, 1.807) is 16.9 Å². The molecule has 2 N–H and O–H groups in total. The highest BCUT2D eigenvalue weighted by Gasteiger charge is 2.20. The van der Waals surface area contributed by atoms with Gasteiger partial charge in [-0.2, -0.15) is 5.10 Å². The number of carbonyl (C=O) groups excluding carboxylic acids is 1. The second-order valence-electron chi connectivity index (χ2n) is 7.58. The first kappa shape index (κ1) is 21.8. The Morgan fingerprint density at radius 1 is 1.12 bits per heavy atom. The third kappa shape index (κ3) is 4.60. The summed E-state index contributed by atoms with van der Waals surface area (Å²) in [6, 6.07) is 9.64. The Bertz CT molecular complexity index is 1410. The van der Waals surface area contributed by atoms with Crippen molar-refractivity contribution in [1.29, 1.82) is 0 Å². The quantitative estimate of drug-likeness (QED) is 0.440. The SMILES string of the molecule is Cc1ccc(-c2cc(C(=O)Nc3nnc(NS(C)(=O)=O)s3)c3cnn(C(C)C)c3n2)cc1. The molecule has 0 aliphatic heterocycles. The number of aromatic nitrogens is 5. The number of pyridine rings is 1. The van der Waals surface area contributed by atoms with Crippen molar-refractivity contribution in [3.8, 4) is 11.3 Å². The summed E-state index contributed by atoms with van der Waals surface area (Å²) in [5.41, 5.74) is 3.61. The Morgan fingerprint density at radius 2 is 1.81 bits per heavy atom. The smallest absolute Gasteiger partial charge is 0.258 e. The van der Waals surface area contributed by atoms with Gasteiger partial charge in [0.05, 0.1) is 29.1 Å². The molecule has 12 heteroatoms. The van der Waals surface area contributed by atoms with Gasteiger partial charge in [0, 0.05) is 11.6 Å². The molecule has 0 atom stereocenters. The van der Waals surface area contributed by atoms with Crippen LogP contribution in [-0.2, 0) is 10.0 Å². The van der Waals surface area contributed by atoms with Crippen LogP contribution in [0.2, 0.25) is 0 Å². The van der Waals surface area contributed by atoms with Crippen LogP contribution in [0.5, 0.6) is 0 Å². The average molecular weight is 472 g/mol. The monoisotopic (exact) mass is 471 g/mol. The molecule has 10 nitrogen and oxygen atoms in total. The maximum Gasteiger partial charge on any atom is 0.258 e. The van der Waals surface area contributed by atoms with Gasteiger partial charge in [0.25, 0.3) is 5.91 Å². The molecular weight excluding hydrogens is 450 g/mol. The Labute approximate surface area is 188 Å². The molecular formula is C20H21N7O3S2. The number of sulfonamides is 1. The van der Waals surface area contributed by atoms with E-state index < -0.39 is 15.9 Å². The summed E-state index contributed by atoms with van der Waals surface area (Å²) < 4.78 is 26.8. The average Bonchev–Trinajstić information content (AvgIpc) is 3.33. The molecule has 3 aromatic heterocycles. The van der Waals surface area contributed by atoms with E-state index in [4.69, 9.17) is 4.98 Å². The van der Waals surface area contributed by atoms with Crippen LogP contribution in [0.25, 0.3) is 22.3 Å². The number of hydrogen-bond donors (Lipinski definition) is 2. The number of nitrogens with one attached hydrogen (secondary N) is 2. The van der Waals surface area contributed by atoms with Gasteiger partial charge in [-0.1, -0.05) is 41.2 Å². The first-order valence-corrected chi connectivity index (χ1v) is 12.4. The van der Waals surface area contributed by atoms with Crippen molar-refractivity contribution in [3.63, 3.8) is 0 Å². The normalized spacial score (nSPS) is 11.8. The van der Waals surface area contributed by atoms with Crippen LogP contribution >= 0.6 is 11.3 Å². The lowest BCUT2D eigenvalue weighted by Gasteiger charge is -2.10. The summed E-state index contributed by atoms with van der Waals surface area (Å²) in [6.45, 7) is 5.98. The third-order valence-electron chi connectivity index (χ3n) is 4.57. The molecule has 0 unspecified atom stereocenters.